The maximum atomic E-state index is 6.22. The van der Waals surface area contributed by atoms with Crippen molar-refractivity contribution in [3.05, 3.63) is 45.6 Å². The van der Waals surface area contributed by atoms with Gasteiger partial charge < -0.3 is 14.5 Å². The lowest BCUT2D eigenvalue weighted by Gasteiger charge is -2.03. The standard InChI is InChI=1S/C15H17BrClNO2.ClH/c1-19-8-2-7-18-10-12-4-6-15(20-12)13-5-3-11(16)9-14(13)17;/h3-6,9,18H,2,7-8,10H2,1H3;1H. The lowest BCUT2D eigenvalue weighted by molar-refractivity contribution is 0.194. The van der Waals surface area contributed by atoms with Crippen molar-refractivity contribution in [2.75, 3.05) is 20.3 Å². The van der Waals surface area contributed by atoms with E-state index < -0.39 is 0 Å². The fraction of sp³-hybridized carbons (Fsp3) is 0.333. The first-order valence-electron chi connectivity index (χ1n) is 6.44. The summed E-state index contributed by atoms with van der Waals surface area (Å²) in [5, 5.41) is 3.99. The van der Waals surface area contributed by atoms with Crippen molar-refractivity contribution < 1.29 is 9.15 Å². The summed E-state index contributed by atoms with van der Waals surface area (Å²) < 4.78 is 11.8. The molecule has 0 aliphatic carbocycles. The fourth-order valence-electron chi connectivity index (χ4n) is 1.86. The Bertz CT molecular complexity index is 560. The molecule has 21 heavy (non-hydrogen) atoms. The van der Waals surface area contributed by atoms with Crippen LogP contribution in [-0.2, 0) is 11.3 Å². The average Bonchev–Trinajstić information content (AvgIpc) is 2.87. The lowest BCUT2D eigenvalue weighted by Crippen LogP contribution is -2.15. The van der Waals surface area contributed by atoms with Crippen molar-refractivity contribution in [2.45, 2.75) is 13.0 Å². The summed E-state index contributed by atoms with van der Waals surface area (Å²) >= 11 is 9.61. The third kappa shape index (κ3) is 5.64. The molecule has 116 valence electrons. The van der Waals surface area contributed by atoms with Crippen LogP contribution in [0.25, 0.3) is 11.3 Å². The number of hydrogen-bond acceptors (Lipinski definition) is 3. The number of furan rings is 1. The molecule has 1 heterocycles. The molecule has 0 aliphatic rings. The molecule has 0 saturated heterocycles. The van der Waals surface area contributed by atoms with Gasteiger partial charge in [0.15, 0.2) is 0 Å². The number of ether oxygens (including phenoxy) is 1. The van der Waals surface area contributed by atoms with Crippen LogP contribution in [0, 0.1) is 0 Å². The van der Waals surface area contributed by atoms with Crippen molar-refractivity contribution in [3.63, 3.8) is 0 Å². The Labute approximate surface area is 144 Å². The van der Waals surface area contributed by atoms with Crippen LogP contribution in [0.15, 0.2) is 39.2 Å². The van der Waals surface area contributed by atoms with E-state index in [2.05, 4.69) is 21.2 Å². The first kappa shape index (κ1) is 18.5. The second-order valence-electron chi connectivity index (χ2n) is 4.41. The second kappa shape index (κ2) is 9.49. The summed E-state index contributed by atoms with van der Waals surface area (Å²) in [7, 11) is 1.71. The Balaban J connectivity index is 0.00000220. The SMILES string of the molecule is COCCCNCc1ccc(-c2ccc(Br)cc2Cl)o1.Cl. The van der Waals surface area contributed by atoms with Crippen LogP contribution in [0.1, 0.15) is 12.2 Å². The molecule has 0 unspecified atom stereocenters. The van der Waals surface area contributed by atoms with Gasteiger partial charge in [0, 0.05) is 23.8 Å². The fourth-order valence-corrected chi connectivity index (χ4v) is 2.63. The molecule has 0 aliphatic heterocycles. The van der Waals surface area contributed by atoms with Gasteiger partial charge in [0.1, 0.15) is 11.5 Å². The van der Waals surface area contributed by atoms with Crippen LogP contribution in [0.3, 0.4) is 0 Å². The highest BCUT2D eigenvalue weighted by Gasteiger charge is 2.08. The molecule has 2 rings (SSSR count). The summed E-state index contributed by atoms with van der Waals surface area (Å²) in [6, 6.07) is 9.67. The van der Waals surface area contributed by atoms with Gasteiger partial charge in [-0.3, -0.25) is 0 Å². The molecule has 0 radical (unpaired) electrons. The van der Waals surface area contributed by atoms with E-state index in [1.807, 2.05) is 30.3 Å². The van der Waals surface area contributed by atoms with E-state index in [1.165, 1.54) is 0 Å². The van der Waals surface area contributed by atoms with Crippen LogP contribution in [0.2, 0.25) is 5.02 Å². The van der Waals surface area contributed by atoms with Crippen LogP contribution in [0.4, 0.5) is 0 Å². The summed E-state index contributed by atoms with van der Waals surface area (Å²) in [5.74, 6) is 1.69. The van der Waals surface area contributed by atoms with Crippen LogP contribution in [0.5, 0.6) is 0 Å². The van der Waals surface area contributed by atoms with Crippen molar-refractivity contribution >= 4 is 39.9 Å². The number of benzene rings is 1. The molecule has 1 N–H and O–H groups in total. The first-order chi connectivity index (χ1) is 9.70. The van der Waals surface area contributed by atoms with E-state index >= 15 is 0 Å². The third-order valence-electron chi connectivity index (χ3n) is 2.86. The minimum atomic E-state index is 0. The zero-order valence-electron chi connectivity index (χ0n) is 11.7. The maximum absolute atomic E-state index is 6.22. The summed E-state index contributed by atoms with van der Waals surface area (Å²) in [6.45, 7) is 2.38. The molecule has 3 nitrogen and oxygen atoms in total. The van der Waals surface area contributed by atoms with E-state index in [9.17, 15) is 0 Å². The number of halogens is 3. The van der Waals surface area contributed by atoms with Gasteiger partial charge in [0.25, 0.3) is 0 Å². The van der Waals surface area contributed by atoms with Gasteiger partial charge in [-0.15, -0.1) is 12.4 Å². The molecule has 0 spiro atoms. The van der Waals surface area contributed by atoms with E-state index in [4.69, 9.17) is 20.8 Å². The van der Waals surface area contributed by atoms with Gasteiger partial charge in [-0.25, -0.2) is 0 Å². The van der Waals surface area contributed by atoms with Gasteiger partial charge in [0.05, 0.1) is 11.6 Å². The van der Waals surface area contributed by atoms with Crippen LogP contribution >= 0.6 is 39.9 Å². The molecule has 2 aromatic rings. The Hall–Kier alpha value is -0.520. The highest BCUT2D eigenvalue weighted by atomic mass is 79.9. The molecule has 0 fully saturated rings. The Morgan fingerprint density at radius 3 is 2.81 bits per heavy atom. The van der Waals surface area contributed by atoms with Crippen LogP contribution < -0.4 is 5.32 Å². The quantitative estimate of drug-likeness (QED) is 0.677. The maximum Gasteiger partial charge on any atom is 0.135 e. The van der Waals surface area contributed by atoms with Gasteiger partial charge in [-0.05, 0) is 43.3 Å². The van der Waals surface area contributed by atoms with Crippen LogP contribution in [-0.4, -0.2) is 20.3 Å². The molecular formula is C15H18BrCl2NO2. The number of nitrogens with one attached hydrogen (secondary N) is 1. The normalized spacial score (nSPS) is 10.4. The van der Waals surface area contributed by atoms with E-state index in [1.54, 1.807) is 7.11 Å². The summed E-state index contributed by atoms with van der Waals surface area (Å²) in [6.07, 6.45) is 0.989. The van der Waals surface area contributed by atoms with Crippen molar-refractivity contribution in [3.8, 4) is 11.3 Å². The molecular weight excluding hydrogens is 377 g/mol. The van der Waals surface area contributed by atoms with Crippen molar-refractivity contribution in [2.24, 2.45) is 0 Å². The molecule has 1 aromatic heterocycles. The predicted octanol–water partition coefficient (Wildman–Crippen LogP) is 4.91. The topological polar surface area (TPSA) is 34.4 Å². The van der Waals surface area contributed by atoms with Gasteiger partial charge in [0.2, 0.25) is 0 Å². The zero-order valence-corrected chi connectivity index (χ0v) is 14.9. The zero-order chi connectivity index (χ0) is 14.4. The highest BCUT2D eigenvalue weighted by Crippen LogP contribution is 2.31. The Morgan fingerprint density at radius 1 is 1.29 bits per heavy atom. The third-order valence-corrected chi connectivity index (χ3v) is 3.67. The van der Waals surface area contributed by atoms with E-state index in [0.717, 1.165) is 41.1 Å². The monoisotopic (exact) mass is 393 g/mol. The molecule has 0 amide bonds. The molecule has 0 saturated carbocycles. The summed E-state index contributed by atoms with van der Waals surface area (Å²) in [4.78, 5) is 0. The molecule has 1 aromatic carbocycles. The highest BCUT2D eigenvalue weighted by molar-refractivity contribution is 9.10. The Kier molecular flexibility index (Phi) is 8.37. The number of hydrogen-bond donors (Lipinski definition) is 1. The molecule has 6 heteroatoms. The van der Waals surface area contributed by atoms with Gasteiger partial charge in [-0.2, -0.15) is 0 Å². The van der Waals surface area contributed by atoms with Gasteiger partial charge in [-0.1, -0.05) is 27.5 Å². The first-order valence-corrected chi connectivity index (χ1v) is 7.61. The minimum Gasteiger partial charge on any atom is -0.460 e. The summed E-state index contributed by atoms with van der Waals surface area (Å²) in [5.41, 5.74) is 0.903. The Morgan fingerprint density at radius 2 is 2.10 bits per heavy atom. The predicted molar refractivity (Wildman–Crippen MR) is 92.3 cm³/mol. The van der Waals surface area contributed by atoms with Crippen molar-refractivity contribution in [1.82, 2.24) is 5.32 Å². The second-order valence-corrected chi connectivity index (χ2v) is 5.74. The lowest BCUT2D eigenvalue weighted by atomic mass is 10.2. The van der Waals surface area contributed by atoms with Gasteiger partial charge >= 0.3 is 0 Å². The van der Waals surface area contributed by atoms with E-state index in [-0.39, 0.29) is 12.4 Å². The smallest absolute Gasteiger partial charge is 0.135 e. The average molecular weight is 395 g/mol. The van der Waals surface area contributed by atoms with Crippen molar-refractivity contribution in [1.29, 1.82) is 0 Å². The number of rotatable bonds is 7. The number of methoxy groups -OCH3 is 1. The molecule has 0 atom stereocenters. The minimum absolute atomic E-state index is 0. The molecule has 0 bridgehead atoms. The van der Waals surface area contributed by atoms with E-state index in [0.29, 0.717) is 11.6 Å². The largest absolute Gasteiger partial charge is 0.460 e.